The lowest BCUT2D eigenvalue weighted by Crippen LogP contribution is -2.61. The summed E-state index contributed by atoms with van der Waals surface area (Å²) in [4.78, 5) is 24.4. The molecule has 2 fully saturated rings. The van der Waals surface area contributed by atoms with Crippen LogP contribution in [0.4, 0.5) is 4.79 Å². The Labute approximate surface area is 82.6 Å². The quantitative estimate of drug-likeness (QED) is 0.603. The molecule has 5 heteroatoms. The highest BCUT2D eigenvalue weighted by molar-refractivity contribution is 5.83. The fourth-order valence-electron chi connectivity index (χ4n) is 2.35. The summed E-state index contributed by atoms with van der Waals surface area (Å²) in [6.07, 6.45) is 3.01. The van der Waals surface area contributed by atoms with Gasteiger partial charge in [-0.05, 0) is 19.3 Å². The number of nitrogens with two attached hydrogens (primary N) is 1. The SMILES string of the molecule is NC(=O)C1CNC(=O)N2CCCCC12. The lowest BCUT2D eigenvalue weighted by molar-refractivity contribution is -0.124. The summed E-state index contributed by atoms with van der Waals surface area (Å²) in [6, 6.07) is -0.0119. The van der Waals surface area contributed by atoms with Crippen LogP contribution < -0.4 is 11.1 Å². The van der Waals surface area contributed by atoms with E-state index in [1.165, 1.54) is 0 Å². The van der Waals surface area contributed by atoms with Crippen LogP contribution in [0.3, 0.4) is 0 Å². The van der Waals surface area contributed by atoms with Crippen LogP contribution in [0, 0.1) is 5.92 Å². The molecule has 3 amide bonds. The van der Waals surface area contributed by atoms with Crippen LogP contribution in [0.15, 0.2) is 0 Å². The molecule has 0 aromatic carbocycles. The molecule has 0 aromatic rings. The number of piperidine rings is 1. The average Bonchev–Trinajstić information content (AvgIpc) is 2.18. The number of rotatable bonds is 1. The maximum Gasteiger partial charge on any atom is 0.317 e. The molecular formula is C9H15N3O2. The Kier molecular flexibility index (Phi) is 2.31. The summed E-state index contributed by atoms with van der Waals surface area (Å²) < 4.78 is 0. The van der Waals surface area contributed by atoms with E-state index in [9.17, 15) is 9.59 Å². The first kappa shape index (κ1) is 9.30. The standard InChI is InChI=1S/C9H15N3O2/c10-8(13)6-5-11-9(14)12-4-2-1-3-7(6)12/h6-7H,1-5H2,(H2,10,13)(H,11,14). The normalized spacial score (nSPS) is 32.0. The predicted octanol–water partition coefficient (Wildman–Crippen LogP) is -0.334. The van der Waals surface area contributed by atoms with Crippen molar-refractivity contribution >= 4 is 11.9 Å². The Morgan fingerprint density at radius 2 is 2.29 bits per heavy atom. The number of primary amides is 1. The zero-order chi connectivity index (χ0) is 10.1. The van der Waals surface area contributed by atoms with Gasteiger partial charge in [0.15, 0.2) is 0 Å². The molecule has 2 atom stereocenters. The second-order valence-electron chi connectivity index (χ2n) is 3.95. The minimum Gasteiger partial charge on any atom is -0.369 e. The van der Waals surface area contributed by atoms with Gasteiger partial charge < -0.3 is 16.0 Å². The molecule has 2 unspecified atom stereocenters. The number of hydrogen-bond donors (Lipinski definition) is 2. The zero-order valence-electron chi connectivity index (χ0n) is 8.03. The predicted molar refractivity (Wildman–Crippen MR) is 50.4 cm³/mol. The number of carbonyl (C=O) groups is 2. The van der Waals surface area contributed by atoms with E-state index in [0.29, 0.717) is 6.54 Å². The van der Waals surface area contributed by atoms with Gasteiger partial charge in [0.2, 0.25) is 5.91 Å². The number of urea groups is 1. The lowest BCUT2D eigenvalue weighted by Gasteiger charge is -2.43. The molecule has 2 heterocycles. The topological polar surface area (TPSA) is 75.4 Å². The van der Waals surface area contributed by atoms with Crippen LogP contribution in [0.2, 0.25) is 0 Å². The minimum atomic E-state index is -0.304. The summed E-state index contributed by atoms with van der Waals surface area (Å²) in [5.41, 5.74) is 5.30. The van der Waals surface area contributed by atoms with E-state index in [-0.39, 0.29) is 23.9 Å². The highest BCUT2D eigenvalue weighted by Crippen LogP contribution is 2.25. The van der Waals surface area contributed by atoms with E-state index in [1.54, 1.807) is 4.90 Å². The molecule has 14 heavy (non-hydrogen) atoms. The first-order valence-electron chi connectivity index (χ1n) is 5.04. The third-order valence-electron chi connectivity index (χ3n) is 3.11. The van der Waals surface area contributed by atoms with E-state index < -0.39 is 0 Å². The molecule has 0 radical (unpaired) electrons. The van der Waals surface area contributed by atoms with Crippen molar-refractivity contribution in [3.05, 3.63) is 0 Å². The van der Waals surface area contributed by atoms with Crippen LogP contribution in [0.25, 0.3) is 0 Å². The van der Waals surface area contributed by atoms with E-state index in [2.05, 4.69) is 5.32 Å². The molecule has 0 aliphatic carbocycles. The van der Waals surface area contributed by atoms with Gasteiger partial charge in [0, 0.05) is 19.1 Å². The maximum absolute atomic E-state index is 11.5. The Morgan fingerprint density at radius 3 is 3.00 bits per heavy atom. The van der Waals surface area contributed by atoms with Crippen molar-refractivity contribution in [2.45, 2.75) is 25.3 Å². The summed E-state index contributed by atoms with van der Waals surface area (Å²) in [5, 5.41) is 2.70. The number of carbonyl (C=O) groups excluding carboxylic acids is 2. The summed E-state index contributed by atoms with van der Waals surface area (Å²) in [6.45, 7) is 1.15. The van der Waals surface area contributed by atoms with Gasteiger partial charge in [0.1, 0.15) is 0 Å². The molecule has 0 aromatic heterocycles. The molecule has 78 valence electrons. The van der Waals surface area contributed by atoms with Crippen molar-refractivity contribution in [3.8, 4) is 0 Å². The average molecular weight is 197 g/mol. The van der Waals surface area contributed by atoms with Gasteiger partial charge in [-0.15, -0.1) is 0 Å². The van der Waals surface area contributed by atoms with Crippen molar-refractivity contribution < 1.29 is 9.59 Å². The Morgan fingerprint density at radius 1 is 1.50 bits per heavy atom. The maximum atomic E-state index is 11.5. The van der Waals surface area contributed by atoms with Crippen molar-refractivity contribution in [3.63, 3.8) is 0 Å². The van der Waals surface area contributed by atoms with Crippen LogP contribution in [-0.2, 0) is 4.79 Å². The summed E-state index contributed by atoms with van der Waals surface area (Å²) in [7, 11) is 0. The van der Waals surface area contributed by atoms with Crippen molar-refractivity contribution in [2.24, 2.45) is 11.7 Å². The fraction of sp³-hybridized carbons (Fsp3) is 0.778. The summed E-state index contributed by atoms with van der Waals surface area (Å²) >= 11 is 0. The van der Waals surface area contributed by atoms with Crippen molar-refractivity contribution in [2.75, 3.05) is 13.1 Å². The Balaban J connectivity index is 2.16. The second kappa shape index (κ2) is 3.48. The highest BCUT2D eigenvalue weighted by Gasteiger charge is 2.39. The van der Waals surface area contributed by atoms with Gasteiger partial charge in [-0.3, -0.25) is 4.79 Å². The molecule has 2 aliphatic rings. The first-order chi connectivity index (χ1) is 6.70. The Bertz CT molecular complexity index is 265. The van der Waals surface area contributed by atoms with Crippen LogP contribution in [0.1, 0.15) is 19.3 Å². The van der Waals surface area contributed by atoms with E-state index in [1.807, 2.05) is 0 Å². The monoisotopic (exact) mass is 197 g/mol. The molecule has 0 saturated carbocycles. The minimum absolute atomic E-state index is 0.0370. The molecule has 5 nitrogen and oxygen atoms in total. The van der Waals surface area contributed by atoms with Crippen LogP contribution >= 0.6 is 0 Å². The van der Waals surface area contributed by atoms with Gasteiger partial charge in [-0.1, -0.05) is 0 Å². The van der Waals surface area contributed by atoms with E-state index >= 15 is 0 Å². The largest absolute Gasteiger partial charge is 0.369 e. The summed E-state index contributed by atoms with van der Waals surface area (Å²) in [5.74, 6) is -0.519. The van der Waals surface area contributed by atoms with E-state index in [4.69, 9.17) is 5.73 Å². The fourth-order valence-corrected chi connectivity index (χ4v) is 2.35. The van der Waals surface area contributed by atoms with Gasteiger partial charge in [0.05, 0.1) is 5.92 Å². The van der Waals surface area contributed by atoms with Crippen LogP contribution in [-0.4, -0.2) is 36.0 Å². The number of hydrogen-bond acceptors (Lipinski definition) is 2. The van der Waals surface area contributed by atoms with Crippen LogP contribution in [0.5, 0.6) is 0 Å². The molecule has 0 bridgehead atoms. The lowest BCUT2D eigenvalue weighted by atomic mass is 9.88. The van der Waals surface area contributed by atoms with Gasteiger partial charge in [-0.2, -0.15) is 0 Å². The smallest absolute Gasteiger partial charge is 0.317 e. The molecular weight excluding hydrogens is 182 g/mol. The number of fused-ring (bicyclic) bond motifs is 1. The number of amides is 3. The zero-order valence-corrected chi connectivity index (χ0v) is 8.03. The molecule has 2 rings (SSSR count). The molecule has 3 N–H and O–H groups in total. The Hall–Kier alpha value is -1.26. The van der Waals surface area contributed by atoms with Gasteiger partial charge >= 0.3 is 6.03 Å². The number of nitrogens with zero attached hydrogens (tertiary/aromatic N) is 1. The third-order valence-corrected chi connectivity index (χ3v) is 3.11. The number of nitrogens with one attached hydrogen (secondary N) is 1. The van der Waals surface area contributed by atoms with Gasteiger partial charge in [-0.25, -0.2) is 4.79 Å². The van der Waals surface area contributed by atoms with Crippen molar-refractivity contribution in [1.29, 1.82) is 0 Å². The molecule has 0 spiro atoms. The molecule has 2 aliphatic heterocycles. The van der Waals surface area contributed by atoms with Gasteiger partial charge in [0.25, 0.3) is 0 Å². The third kappa shape index (κ3) is 1.42. The molecule has 2 saturated heterocycles. The second-order valence-corrected chi connectivity index (χ2v) is 3.95. The highest BCUT2D eigenvalue weighted by atomic mass is 16.2. The first-order valence-corrected chi connectivity index (χ1v) is 5.04. The van der Waals surface area contributed by atoms with E-state index in [0.717, 1.165) is 25.8 Å². The van der Waals surface area contributed by atoms with Crippen molar-refractivity contribution in [1.82, 2.24) is 10.2 Å².